The number of hydrogen-bond acceptors (Lipinski definition) is 3. The molecule has 0 bridgehead atoms. The molecule has 114 valence electrons. The van der Waals surface area contributed by atoms with E-state index in [2.05, 4.69) is 5.32 Å². The van der Waals surface area contributed by atoms with Crippen molar-refractivity contribution >= 4 is 29.2 Å². The Labute approximate surface area is 134 Å². The first-order chi connectivity index (χ1) is 10.5. The standard InChI is InChI=1S/C17H16ClNO3/c1-12-6-8-14(9-7-12)19-16(20)11-22-17(21)10-13-4-2-3-5-15(13)18/h2-9H,10-11H2,1H3,(H,19,20). The number of benzene rings is 2. The van der Waals surface area contributed by atoms with Gasteiger partial charge in [0, 0.05) is 10.7 Å². The Morgan fingerprint density at radius 3 is 2.45 bits per heavy atom. The second-order valence-electron chi connectivity index (χ2n) is 4.84. The van der Waals surface area contributed by atoms with Gasteiger partial charge in [0.1, 0.15) is 0 Å². The van der Waals surface area contributed by atoms with Gasteiger partial charge in [-0.1, -0.05) is 47.5 Å². The summed E-state index contributed by atoms with van der Waals surface area (Å²) in [5, 5.41) is 3.16. The van der Waals surface area contributed by atoms with Crippen molar-refractivity contribution in [2.45, 2.75) is 13.3 Å². The van der Waals surface area contributed by atoms with Crippen LogP contribution >= 0.6 is 11.6 Å². The third kappa shape index (κ3) is 4.90. The Morgan fingerprint density at radius 2 is 1.77 bits per heavy atom. The maximum Gasteiger partial charge on any atom is 0.310 e. The molecule has 0 atom stereocenters. The van der Waals surface area contributed by atoms with Gasteiger partial charge in [-0.15, -0.1) is 0 Å². The van der Waals surface area contributed by atoms with E-state index in [0.717, 1.165) is 5.56 Å². The number of hydrogen-bond donors (Lipinski definition) is 1. The van der Waals surface area contributed by atoms with Crippen molar-refractivity contribution in [2.24, 2.45) is 0 Å². The minimum absolute atomic E-state index is 0.0392. The molecule has 5 heteroatoms. The zero-order valence-corrected chi connectivity index (χ0v) is 12.9. The van der Waals surface area contributed by atoms with Crippen molar-refractivity contribution in [3.8, 4) is 0 Å². The van der Waals surface area contributed by atoms with Crippen LogP contribution in [0.5, 0.6) is 0 Å². The summed E-state index contributed by atoms with van der Waals surface area (Å²) in [6, 6.07) is 14.4. The van der Waals surface area contributed by atoms with E-state index in [4.69, 9.17) is 16.3 Å². The Hall–Kier alpha value is -2.33. The van der Waals surface area contributed by atoms with Crippen LogP contribution in [0.25, 0.3) is 0 Å². The van der Waals surface area contributed by atoms with Crippen molar-refractivity contribution in [1.82, 2.24) is 0 Å². The summed E-state index contributed by atoms with van der Waals surface area (Å²) in [6.07, 6.45) is 0.0392. The highest BCUT2D eigenvalue weighted by Gasteiger charge is 2.10. The molecule has 0 aliphatic rings. The molecule has 0 spiro atoms. The van der Waals surface area contributed by atoms with Crippen LogP contribution < -0.4 is 5.32 Å². The maximum atomic E-state index is 11.7. The maximum absolute atomic E-state index is 11.7. The average molecular weight is 318 g/mol. The fourth-order valence-electron chi connectivity index (χ4n) is 1.83. The summed E-state index contributed by atoms with van der Waals surface area (Å²) < 4.78 is 4.95. The molecule has 0 unspecified atom stereocenters. The van der Waals surface area contributed by atoms with Gasteiger partial charge in [0.05, 0.1) is 6.42 Å². The number of anilines is 1. The third-order valence-electron chi connectivity index (χ3n) is 2.99. The van der Waals surface area contributed by atoms with Gasteiger partial charge in [-0.2, -0.15) is 0 Å². The van der Waals surface area contributed by atoms with E-state index >= 15 is 0 Å². The van der Waals surface area contributed by atoms with E-state index in [9.17, 15) is 9.59 Å². The lowest BCUT2D eigenvalue weighted by Gasteiger charge is -2.07. The molecule has 0 saturated heterocycles. The van der Waals surface area contributed by atoms with E-state index in [-0.39, 0.29) is 18.9 Å². The highest BCUT2D eigenvalue weighted by molar-refractivity contribution is 6.31. The lowest BCUT2D eigenvalue weighted by Crippen LogP contribution is -2.21. The number of amides is 1. The highest BCUT2D eigenvalue weighted by Crippen LogP contribution is 2.15. The zero-order chi connectivity index (χ0) is 15.9. The highest BCUT2D eigenvalue weighted by atomic mass is 35.5. The molecular weight excluding hydrogens is 302 g/mol. The number of aryl methyl sites for hydroxylation is 1. The Balaban J connectivity index is 1.79. The quantitative estimate of drug-likeness (QED) is 0.860. The zero-order valence-electron chi connectivity index (χ0n) is 12.1. The Bertz CT molecular complexity index is 668. The van der Waals surface area contributed by atoms with Crippen molar-refractivity contribution in [2.75, 3.05) is 11.9 Å². The minimum Gasteiger partial charge on any atom is -0.455 e. The number of ether oxygens (including phenoxy) is 1. The van der Waals surface area contributed by atoms with Gasteiger partial charge in [0.25, 0.3) is 5.91 Å². The monoisotopic (exact) mass is 317 g/mol. The molecule has 1 amide bonds. The van der Waals surface area contributed by atoms with Gasteiger partial charge in [0.15, 0.2) is 6.61 Å². The molecule has 1 N–H and O–H groups in total. The first kappa shape index (κ1) is 16.0. The normalized spacial score (nSPS) is 10.1. The number of carbonyl (C=O) groups is 2. The number of esters is 1. The molecule has 2 aromatic rings. The van der Waals surface area contributed by atoms with Crippen LogP contribution in [0.1, 0.15) is 11.1 Å². The van der Waals surface area contributed by atoms with Gasteiger partial charge in [-0.3, -0.25) is 9.59 Å². The second-order valence-corrected chi connectivity index (χ2v) is 5.25. The Kier molecular flexibility index (Phi) is 5.55. The molecule has 0 aliphatic carbocycles. The molecule has 2 rings (SSSR count). The van der Waals surface area contributed by atoms with Crippen LogP contribution in [0.15, 0.2) is 48.5 Å². The van der Waals surface area contributed by atoms with Crippen LogP contribution in [0, 0.1) is 6.92 Å². The van der Waals surface area contributed by atoms with Crippen molar-refractivity contribution < 1.29 is 14.3 Å². The smallest absolute Gasteiger partial charge is 0.310 e. The summed E-state index contributed by atoms with van der Waals surface area (Å²) in [5.74, 6) is -0.872. The molecule has 0 fully saturated rings. The van der Waals surface area contributed by atoms with Gasteiger partial charge in [-0.05, 0) is 30.7 Å². The van der Waals surface area contributed by atoms with Gasteiger partial charge in [0.2, 0.25) is 0 Å². The molecule has 0 aromatic heterocycles. The van der Waals surface area contributed by atoms with Crippen molar-refractivity contribution in [3.05, 3.63) is 64.7 Å². The van der Waals surface area contributed by atoms with E-state index < -0.39 is 5.97 Å². The van der Waals surface area contributed by atoms with Gasteiger partial charge >= 0.3 is 5.97 Å². The average Bonchev–Trinajstić information content (AvgIpc) is 2.50. The van der Waals surface area contributed by atoms with Crippen LogP contribution in [0.2, 0.25) is 5.02 Å². The van der Waals surface area contributed by atoms with Gasteiger partial charge in [-0.25, -0.2) is 0 Å². The summed E-state index contributed by atoms with van der Waals surface area (Å²) >= 11 is 5.96. The van der Waals surface area contributed by atoms with E-state index in [1.54, 1.807) is 36.4 Å². The summed E-state index contributed by atoms with van der Waals surface area (Å²) in [4.78, 5) is 23.4. The predicted molar refractivity (Wildman–Crippen MR) is 85.9 cm³/mol. The number of nitrogens with one attached hydrogen (secondary N) is 1. The first-order valence-corrected chi connectivity index (χ1v) is 7.18. The second kappa shape index (κ2) is 7.61. The molecule has 0 heterocycles. The largest absolute Gasteiger partial charge is 0.455 e. The van der Waals surface area contributed by atoms with Crippen LogP contribution in [0.3, 0.4) is 0 Å². The molecule has 4 nitrogen and oxygen atoms in total. The molecular formula is C17H16ClNO3. The lowest BCUT2D eigenvalue weighted by atomic mass is 10.1. The fourth-order valence-corrected chi connectivity index (χ4v) is 2.03. The molecule has 0 radical (unpaired) electrons. The molecule has 22 heavy (non-hydrogen) atoms. The summed E-state index contributed by atoms with van der Waals surface area (Å²) in [6.45, 7) is 1.64. The lowest BCUT2D eigenvalue weighted by molar-refractivity contribution is -0.146. The van der Waals surface area contributed by atoms with Crippen LogP contribution in [-0.2, 0) is 20.7 Å². The molecule has 0 aliphatic heterocycles. The van der Waals surface area contributed by atoms with Gasteiger partial charge < -0.3 is 10.1 Å². The summed E-state index contributed by atoms with van der Waals surface area (Å²) in [5.41, 5.74) is 2.44. The minimum atomic E-state index is -0.493. The molecule has 2 aromatic carbocycles. The Morgan fingerprint density at radius 1 is 1.09 bits per heavy atom. The predicted octanol–water partition coefficient (Wildman–Crippen LogP) is 3.37. The number of carbonyl (C=O) groups excluding carboxylic acids is 2. The topological polar surface area (TPSA) is 55.4 Å². The van der Waals surface area contributed by atoms with Crippen molar-refractivity contribution in [3.63, 3.8) is 0 Å². The third-order valence-corrected chi connectivity index (χ3v) is 3.36. The van der Waals surface area contributed by atoms with E-state index in [1.807, 2.05) is 19.1 Å². The first-order valence-electron chi connectivity index (χ1n) is 6.80. The fraction of sp³-hybridized carbons (Fsp3) is 0.176. The van der Waals surface area contributed by atoms with E-state index in [0.29, 0.717) is 16.3 Å². The summed E-state index contributed by atoms with van der Waals surface area (Å²) in [7, 11) is 0. The van der Waals surface area contributed by atoms with Crippen LogP contribution in [0.4, 0.5) is 5.69 Å². The SMILES string of the molecule is Cc1ccc(NC(=O)COC(=O)Cc2ccccc2Cl)cc1. The van der Waals surface area contributed by atoms with Crippen LogP contribution in [-0.4, -0.2) is 18.5 Å². The number of halogens is 1. The number of rotatable bonds is 5. The van der Waals surface area contributed by atoms with E-state index in [1.165, 1.54) is 0 Å². The molecule has 0 saturated carbocycles. The van der Waals surface area contributed by atoms with Crippen molar-refractivity contribution in [1.29, 1.82) is 0 Å².